The van der Waals surface area contributed by atoms with Crippen LogP contribution < -0.4 is 20.4 Å². The number of hydrogen-bond donors (Lipinski definition) is 4. The first kappa shape index (κ1) is 31.2. The van der Waals surface area contributed by atoms with E-state index in [9.17, 15) is 13.9 Å². The van der Waals surface area contributed by atoms with E-state index < -0.39 is 10.6 Å². The number of urea groups is 1. The Kier molecular flexibility index (Phi) is 9.45. The number of carbonyl (C=O) groups is 1. The maximum absolute atomic E-state index is 13.7. The highest BCUT2D eigenvalue weighted by atomic mass is 35.5. The van der Waals surface area contributed by atoms with Crippen molar-refractivity contribution >= 4 is 45.7 Å². The minimum atomic E-state index is -2.52. The van der Waals surface area contributed by atoms with E-state index in [1.54, 1.807) is 10.9 Å². The number of halogens is 1. The van der Waals surface area contributed by atoms with Gasteiger partial charge in [0.15, 0.2) is 5.82 Å². The topological polar surface area (TPSA) is 132 Å². The van der Waals surface area contributed by atoms with Crippen LogP contribution >= 0.6 is 22.2 Å². The molecule has 0 spiro atoms. The molecule has 1 aliphatic carbocycles. The van der Waals surface area contributed by atoms with Crippen LogP contribution in [0.3, 0.4) is 0 Å². The van der Waals surface area contributed by atoms with Gasteiger partial charge in [-0.2, -0.15) is 20.7 Å². The summed E-state index contributed by atoms with van der Waals surface area (Å²) in [4.78, 5) is 26.7. The molecule has 0 bridgehead atoms. The third kappa shape index (κ3) is 7.70. The molecular weight excluding hydrogens is 612 g/mol. The lowest BCUT2D eigenvalue weighted by Gasteiger charge is -2.41. The molecule has 3 heterocycles. The fraction of sp³-hybridized carbons (Fsp3) is 0.375. The van der Waals surface area contributed by atoms with Crippen LogP contribution in [0.2, 0.25) is 5.02 Å². The van der Waals surface area contributed by atoms with Gasteiger partial charge in [-0.05, 0) is 48.9 Å². The zero-order valence-corrected chi connectivity index (χ0v) is 26.8. The van der Waals surface area contributed by atoms with Gasteiger partial charge in [0.25, 0.3) is 0 Å². The molecule has 45 heavy (non-hydrogen) atoms. The second kappa shape index (κ2) is 13.7. The van der Waals surface area contributed by atoms with Crippen LogP contribution in [-0.4, -0.2) is 71.6 Å². The van der Waals surface area contributed by atoms with Crippen molar-refractivity contribution in [3.05, 3.63) is 83.8 Å². The fourth-order valence-corrected chi connectivity index (χ4v) is 7.43. The predicted molar refractivity (Wildman–Crippen MR) is 181 cm³/mol. The average molecular weight is 651 g/mol. The number of amides is 2. The van der Waals surface area contributed by atoms with Crippen LogP contribution in [0, 0.1) is 0 Å². The molecule has 4 aromatic rings. The van der Waals surface area contributed by atoms with Crippen LogP contribution in [-0.2, 0) is 13.6 Å². The third-order valence-corrected chi connectivity index (χ3v) is 10.4. The van der Waals surface area contributed by atoms with Crippen molar-refractivity contribution in [1.82, 2.24) is 25.1 Å². The van der Waals surface area contributed by atoms with E-state index in [0.29, 0.717) is 47.9 Å². The van der Waals surface area contributed by atoms with Gasteiger partial charge in [0.1, 0.15) is 5.02 Å². The van der Waals surface area contributed by atoms with Gasteiger partial charge in [-0.3, -0.25) is 18.7 Å². The number of rotatable bonds is 8. The van der Waals surface area contributed by atoms with Gasteiger partial charge in [-0.1, -0.05) is 54.1 Å². The molecule has 2 aliphatic rings. The Morgan fingerprint density at radius 2 is 1.71 bits per heavy atom. The molecule has 6 rings (SSSR count). The molecule has 0 unspecified atom stereocenters. The molecule has 13 heteroatoms. The first-order valence-corrected chi connectivity index (χ1v) is 17.5. The zero-order valence-electron chi connectivity index (χ0n) is 25.2. The number of aryl methyl sites for hydroxylation is 1. The summed E-state index contributed by atoms with van der Waals surface area (Å²) in [5.74, 6) is 1.72. The van der Waals surface area contributed by atoms with Gasteiger partial charge in [0, 0.05) is 56.2 Å². The number of hydrogen-bond acceptors (Lipinski definition) is 8. The van der Waals surface area contributed by atoms with E-state index >= 15 is 0 Å². The van der Waals surface area contributed by atoms with E-state index in [4.69, 9.17) is 16.6 Å². The molecule has 1 saturated carbocycles. The lowest BCUT2D eigenvalue weighted by molar-refractivity contribution is 0.240. The van der Waals surface area contributed by atoms with Crippen LogP contribution in [0.15, 0.2) is 73.2 Å². The first-order chi connectivity index (χ1) is 21.7. The van der Waals surface area contributed by atoms with Crippen molar-refractivity contribution in [1.29, 1.82) is 0 Å². The van der Waals surface area contributed by atoms with Crippen molar-refractivity contribution < 1.29 is 13.9 Å². The van der Waals surface area contributed by atoms with Gasteiger partial charge in [0.05, 0.1) is 23.9 Å². The van der Waals surface area contributed by atoms with Crippen molar-refractivity contribution in [2.45, 2.75) is 44.3 Å². The summed E-state index contributed by atoms with van der Waals surface area (Å²) in [6, 6.07) is 18.1. The summed E-state index contributed by atoms with van der Waals surface area (Å²) in [7, 11) is -0.624. The molecule has 2 amide bonds. The predicted octanol–water partition coefficient (Wildman–Crippen LogP) is 6.24. The largest absolute Gasteiger partial charge is 0.352 e. The Morgan fingerprint density at radius 3 is 2.38 bits per heavy atom. The van der Waals surface area contributed by atoms with Crippen molar-refractivity contribution in [2.24, 2.45) is 7.05 Å². The minimum Gasteiger partial charge on any atom is -0.352 e. The van der Waals surface area contributed by atoms with Gasteiger partial charge < -0.3 is 15.5 Å². The van der Waals surface area contributed by atoms with Crippen molar-refractivity contribution in [2.75, 3.05) is 39.7 Å². The Labute approximate surface area is 270 Å². The Balaban J connectivity index is 1.13. The monoisotopic (exact) mass is 650 g/mol. The van der Waals surface area contributed by atoms with E-state index in [1.807, 2.05) is 83.8 Å². The minimum absolute atomic E-state index is 0.0258. The van der Waals surface area contributed by atoms with E-state index in [0.717, 1.165) is 48.1 Å². The van der Waals surface area contributed by atoms with E-state index in [1.165, 1.54) is 0 Å². The van der Waals surface area contributed by atoms with Crippen LogP contribution in [0.4, 0.5) is 22.2 Å². The average Bonchev–Trinajstić information content (AvgIpc) is 3.49. The third-order valence-electron chi connectivity index (χ3n) is 8.49. The highest BCUT2D eigenvalue weighted by Gasteiger charge is 2.31. The smallest absolute Gasteiger partial charge is 0.322 e. The van der Waals surface area contributed by atoms with E-state index in [-0.39, 0.29) is 18.1 Å². The molecule has 1 saturated heterocycles. The molecule has 2 aromatic carbocycles. The van der Waals surface area contributed by atoms with Crippen LogP contribution in [0.1, 0.15) is 31.2 Å². The Morgan fingerprint density at radius 1 is 1.00 bits per heavy atom. The molecule has 238 valence electrons. The number of benzene rings is 2. The molecule has 2 aromatic heterocycles. The zero-order chi connectivity index (χ0) is 31.4. The second-order valence-corrected chi connectivity index (χ2v) is 14.5. The molecule has 11 nitrogen and oxygen atoms in total. The molecule has 1 aliphatic heterocycles. The number of aromatic nitrogens is 4. The number of nitrogens with zero attached hydrogens (tertiary/aromatic N) is 6. The second-order valence-electron chi connectivity index (χ2n) is 11.7. The van der Waals surface area contributed by atoms with Gasteiger partial charge in [0.2, 0.25) is 5.95 Å². The molecule has 0 radical (unpaired) electrons. The molecular formula is C32H39ClN8O3S. The van der Waals surface area contributed by atoms with Crippen LogP contribution in [0.5, 0.6) is 0 Å². The summed E-state index contributed by atoms with van der Waals surface area (Å²) < 4.78 is 21.8. The molecule has 2 fully saturated rings. The van der Waals surface area contributed by atoms with Crippen molar-refractivity contribution in [3.8, 4) is 11.1 Å². The highest BCUT2D eigenvalue weighted by molar-refractivity contribution is 8.24. The summed E-state index contributed by atoms with van der Waals surface area (Å²) >= 11 is 6.44. The summed E-state index contributed by atoms with van der Waals surface area (Å²) in [5.41, 5.74) is 3.98. The number of anilines is 3. The number of carbonyl (C=O) groups excluding carboxylic acids is 1. The quantitative estimate of drug-likeness (QED) is 0.176. The highest BCUT2D eigenvalue weighted by Crippen LogP contribution is 2.42. The first-order valence-electron chi connectivity index (χ1n) is 15.2. The Bertz CT molecular complexity index is 1590. The fourth-order valence-electron chi connectivity index (χ4n) is 5.99. The molecule has 0 atom stereocenters. The lowest BCUT2D eigenvalue weighted by Crippen LogP contribution is -2.48. The maximum atomic E-state index is 13.7. The van der Waals surface area contributed by atoms with Crippen LogP contribution in [0.25, 0.3) is 11.1 Å². The Hall–Kier alpha value is -3.84. The number of nitrogens with one attached hydrogen (secondary N) is 2. The van der Waals surface area contributed by atoms with Gasteiger partial charge in [-0.25, -0.2) is 9.78 Å². The summed E-state index contributed by atoms with van der Waals surface area (Å²) in [6.45, 7) is 1.41. The van der Waals surface area contributed by atoms with Crippen molar-refractivity contribution in [3.63, 3.8) is 0 Å². The van der Waals surface area contributed by atoms with E-state index in [2.05, 4.69) is 20.7 Å². The molecule has 4 N–H and O–H groups in total. The van der Waals surface area contributed by atoms with Gasteiger partial charge in [-0.15, -0.1) is 0 Å². The SMILES string of the molecule is Cn1cc(-c2ccc(N(C(=O)NCc3ccccc3)C3CCC(Nc4ncc(Cl)c(N5CCS(O)(O)CC5)n4)CC3)cc2)cn1. The summed E-state index contributed by atoms with van der Waals surface area (Å²) in [6.07, 6.45) is 8.71. The summed E-state index contributed by atoms with van der Waals surface area (Å²) in [5, 5.41) is 11.3. The maximum Gasteiger partial charge on any atom is 0.322 e. The lowest BCUT2D eigenvalue weighted by atomic mass is 9.90. The normalized spacial score (nSPS) is 20.3. The van der Waals surface area contributed by atoms with Gasteiger partial charge >= 0.3 is 6.03 Å². The standard InChI is InChI=1S/C32H39ClN8O3S/c1-39-22-25(20-36-39)24-7-11-27(12-8-24)41(32(42)35-19-23-5-3-2-4-6-23)28-13-9-26(10-14-28)37-31-34-21-29(33)30(38-31)40-15-17-45(43,44)18-16-40/h2-8,11-12,20-22,26,28,43-44H,9-10,13-19H2,1H3,(H,35,42)(H,34,37,38).